The Labute approximate surface area is 121 Å². The monoisotopic (exact) mass is 324 g/mol. The number of benzene rings is 1. The number of ether oxygens (including phenoxy) is 1. The molecule has 0 radical (unpaired) electrons. The van der Waals surface area contributed by atoms with E-state index in [0.29, 0.717) is 12.4 Å². The van der Waals surface area contributed by atoms with E-state index in [1.165, 1.54) is 0 Å². The van der Waals surface area contributed by atoms with Gasteiger partial charge in [-0.2, -0.15) is 0 Å². The molecule has 1 aromatic heterocycles. The molecule has 1 heterocycles. The van der Waals surface area contributed by atoms with E-state index in [0.717, 1.165) is 22.4 Å². The van der Waals surface area contributed by atoms with Crippen molar-refractivity contribution in [3.63, 3.8) is 0 Å². The maximum Gasteiger partial charge on any atom is 0.146 e. The molecule has 0 saturated heterocycles. The fourth-order valence-electron chi connectivity index (χ4n) is 1.89. The lowest BCUT2D eigenvalue weighted by Crippen LogP contribution is -2.07. The van der Waals surface area contributed by atoms with E-state index in [-0.39, 0.29) is 0 Å². The lowest BCUT2D eigenvalue weighted by Gasteiger charge is -2.14. The highest BCUT2D eigenvalue weighted by Gasteiger charge is 2.11. The lowest BCUT2D eigenvalue weighted by atomic mass is 10.1. The summed E-state index contributed by atoms with van der Waals surface area (Å²) in [4.78, 5) is 4.26. The molecule has 0 fully saturated rings. The smallest absolute Gasteiger partial charge is 0.146 e. The molecule has 2 rings (SSSR count). The number of halogens is 1. The molecule has 1 aromatic carbocycles. The molecule has 2 aromatic rings. The Morgan fingerprint density at radius 3 is 2.95 bits per heavy atom. The molecule has 0 amide bonds. The summed E-state index contributed by atoms with van der Waals surface area (Å²) >= 11 is 3.39. The Balaban J connectivity index is 2.15. The number of nitrogens with zero attached hydrogens (tertiary/aromatic N) is 2. The Morgan fingerprint density at radius 2 is 2.26 bits per heavy atom. The highest BCUT2D eigenvalue weighted by atomic mass is 79.9. The van der Waals surface area contributed by atoms with Crippen molar-refractivity contribution in [1.82, 2.24) is 9.55 Å². The molecule has 19 heavy (non-hydrogen) atoms. The molecule has 1 unspecified atom stereocenters. The zero-order valence-electron chi connectivity index (χ0n) is 11.0. The third-order valence-electron chi connectivity index (χ3n) is 2.92. The van der Waals surface area contributed by atoms with Crippen molar-refractivity contribution in [2.24, 2.45) is 0 Å². The molecule has 1 N–H and O–H groups in total. The van der Waals surface area contributed by atoms with Crippen molar-refractivity contribution in [1.29, 1.82) is 0 Å². The van der Waals surface area contributed by atoms with E-state index >= 15 is 0 Å². The van der Waals surface area contributed by atoms with Crippen molar-refractivity contribution < 1.29 is 9.84 Å². The van der Waals surface area contributed by atoms with Crippen LogP contribution >= 0.6 is 15.9 Å². The van der Waals surface area contributed by atoms with Crippen LogP contribution in [0.2, 0.25) is 0 Å². The molecular weight excluding hydrogens is 308 g/mol. The summed E-state index contributed by atoms with van der Waals surface area (Å²) in [7, 11) is 0. The van der Waals surface area contributed by atoms with Gasteiger partial charge >= 0.3 is 0 Å². The van der Waals surface area contributed by atoms with Gasteiger partial charge in [0.25, 0.3) is 0 Å². The molecule has 0 aliphatic carbocycles. The normalized spacial score (nSPS) is 12.4. The highest BCUT2D eigenvalue weighted by molar-refractivity contribution is 9.10. The minimum Gasteiger partial charge on any atom is -0.485 e. The molecule has 0 bridgehead atoms. The van der Waals surface area contributed by atoms with Crippen molar-refractivity contribution in [2.75, 3.05) is 0 Å². The van der Waals surface area contributed by atoms with Crippen LogP contribution in [0, 0.1) is 0 Å². The lowest BCUT2D eigenvalue weighted by molar-refractivity contribution is 0.189. The Hall–Kier alpha value is -1.33. The van der Waals surface area contributed by atoms with Gasteiger partial charge in [-0.05, 0) is 32.0 Å². The number of imidazole rings is 1. The van der Waals surface area contributed by atoms with Crippen LogP contribution in [0.5, 0.6) is 5.75 Å². The molecule has 4 nitrogen and oxygen atoms in total. The van der Waals surface area contributed by atoms with E-state index in [1.54, 1.807) is 13.1 Å². The average Bonchev–Trinajstić information content (AvgIpc) is 2.84. The molecule has 0 spiro atoms. The van der Waals surface area contributed by atoms with Gasteiger partial charge in [-0.3, -0.25) is 0 Å². The summed E-state index contributed by atoms with van der Waals surface area (Å²) in [6.07, 6.45) is 3.12. The Bertz CT molecular complexity index is 552. The van der Waals surface area contributed by atoms with Gasteiger partial charge in [0.1, 0.15) is 18.2 Å². The van der Waals surface area contributed by atoms with Gasteiger partial charge < -0.3 is 14.4 Å². The molecule has 0 aliphatic rings. The van der Waals surface area contributed by atoms with Crippen LogP contribution in [0.25, 0.3) is 0 Å². The summed E-state index contributed by atoms with van der Waals surface area (Å²) in [6, 6.07) is 5.62. The Morgan fingerprint density at radius 1 is 1.47 bits per heavy atom. The average molecular weight is 325 g/mol. The zero-order valence-corrected chi connectivity index (χ0v) is 12.6. The minimum absolute atomic E-state index is 0.391. The zero-order chi connectivity index (χ0) is 13.8. The molecular formula is C14H17BrN2O2. The third kappa shape index (κ3) is 3.36. The van der Waals surface area contributed by atoms with Crippen molar-refractivity contribution in [3.05, 3.63) is 46.5 Å². The van der Waals surface area contributed by atoms with Crippen molar-refractivity contribution in [2.45, 2.75) is 33.1 Å². The molecule has 0 aliphatic heterocycles. The summed E-state index contributed by atoms with van der Waals surface area (Å²) in [5.41, 5.74) is 0.768. The SMILES string of the molecule is CCn1ccnc1COc1ccc(Br)cc1C(C)O. The first-order valence-electron chi connectivity index (χ1n) is 6.22. The summed E-state index contributed by atoms with van der Waals surface area (Å²) < 4.78 is 8.73. The number of rotatable bonds is 5. The number of aliphatic hydroxyl groups is 1. The van der Waals surface area contributed by atoms with Crippen LogP contribution in [-0.2, 0) is 13.2 Å². The topological polar surface area (TPSA) is 47.3 Å². The van der Waals surface area contributed by atoms with Gasteiger partial charge in [-0.15, -0.1) is 0 Å². The molecule has 0 saturated carbocycles. The second-order valence-corrected chi connectivity index (χ2v) is 5.19. The maximum atomic E-state index is 9.77. The second kappa shape index (κ2) is 6.21. The minimum atomic E-state index is -0.571. The van der Waals surface area contributed by atoms with E-state index in [1.807, 2.05) is 29.0 Å². The van der Waals surface area contributed by atoms with Crippen molar-refractivity contribution >= 4 is 15.9 Å². The van der Waals surface area contributed by atoms with Crippen LogP contribution < -0.4 is 4.74 Å². The molecule has 102 valence electrons. The van der Waals surface area contributed by atoms with Gasteiger partial charge in [-0.1, -0.05) is 15.9 Å². The standard InChI is InChI=1S/C14H17BrN2O2/c1-3-17-7-6-16-14(17)9-19-13-5-4-11(15)8-12(13)10(2)18/h4-8,10,18H,3,9H2,1-2H3. The fourth-order valence-corrected chi connectivity index (χ4v) is 2.27. The van der Waals surface area contributed by atoms with Crippen LogP contribution in [0.1, 0.15) is 31.3 Å². The largest absolute Gasteiger partial charge is 0.485 e. The number of aliphatic hydroxyl groups excluding tert-OH is 1. The Kier molecular flexibility index (Phi) is 4.61. The third-order valence-corrected chi connectivity index (χ3v) is 3.41. The first-order valence-corrected chi connectivity index (χ1v) is 7.01. The first kappa shape index (κ1) is 14.1. The van der Waals surface area contributed by atoms with E-state index in [9.17, 15) is 5.11 Å². The van der Waals surface area contributed by atoms with Gasteiger partial charge in [-0.25, -0.2) is 4.98 Å². The maximum absolute atomic E-state index is 9.77. The summed E-state index contributed by atoms with van der Waals surface area (Å²) in [5.74, 6) is 1.56. The van der Waals surface area contributed by atoms with Crippen LogP contribution in [0.3, 0.4) is 0 Å². The number of hydrogen-bond acceptors (Lipinski definition) is 3. The predicted molar refractivity (Wildman–Crippen MR) is 77.0 cm³/mol. The predicted octanol–water partition coefficient (Wildman–Crippen LogP) is 3.30. The quantitative estimate of drug-likeness (QED) is 0.917. The van der Waals surface area contributed by atoms with Crippen molar-refractivity contribution in [3.8, 4) is 5.75 Å². The molecule has 1 atom stereocenters. The fraction of sp³-hybridized carbons (Fsp3) is 0.357. The van der Waals surface area contributed by atoms with Gasteiger partial charge in [0.05, 0.1) is 6.10 Å². The van der Waals surface area contributed by atoms with E-state index in [2.05, 4.69) is 27.8 Å². The number of aromatic nitrogens is 2. The van der Waals surface area contributed by atoms with Crippen LogP contribution in [-0.4, -0.2) is 14.7 Å². The second-order valence-electron chi connectivity index (χ2n) is 4.28. The van der Waals surface area contributed by atoms with E-state index in [4.69, 9.17) is 4.74 Å². The summed E-state index contributed by atoms with van der Waals surface area (Å²) in [5, 5.41) is 9.77. The number of aryl methyl sites for hydroxylation is 1. The van der Waals surface area contributed by atoms with Gasteiger partial charge in [0.15, 0.2) is 0 Å². The number of hydrogen-bond donors (Lipinski definition) is 1. The van der Waals surface area contributed by atoms with Crippen LogP contribution in [0.15, 0.2) is 35.1 Å². The van der Waals surface area contributed by atoms with Gasteiger partial charge in [0, 0.05) is 29.0 Å². The van der Waals surface area contributed by atoms with E-state index < -0.39 is 6.10 Å². The van der Waals surface area contributed by atoms with Gasteiger partial charge in [0.2, 0.25) is 0 Å². The first-order chi connectivity index (χ1) is 9.11. The van der Waals surface area contributed by atoms with Crippen LogP contribution in [0.4, 0.5) is 0 Å². The molecule has 5 heteroatoms. The highest BCUT2D eigenvalue weighted by Crippen LogP contribution is 2.29. The summed E-state index contributed by atoms with van der Waals surface area (Å²) in [6.45, 7) is 5.04.